The highest BCUT2D eigenvalue weighted by Gasteiger charge is 2.73. The molecule has 3 aliphatic carbocycles. The molecule has 1 spiro atoms. The minimum absolute atomic E-state index is 0.0477. The highest BCUT2D eigenvalue weighted by Crippen LogP contribution is 2.67. The number of aromatic nitrogens is 2. The Bertz CT molecular complexity index is 1560. The van der Waals surface area contributed by atoms with Gasteiger partial charge in [-0.1, -0.05) is 18.2 Å². The first-order valence-electron chi connectivity index (χ1n) is 13.1. The van der Waals surface area contributed by atoms with Crippen LogP contribution in [0.1, 0.15) is 49.3 Å². The maximum absolute atomic E-state index is 13.6. The lowest BCUT2D eigenvalue weighted by Crippen LogP contribution is -2.76. The molecule has 2 saturated carbocycles. The van der Waals surface area contributed by atoms with Crippen molar-refractivity contribution in [1.82, 2.24) is 14.5 Å². The third-order valence-electron chi connectivity index (χ3n) is 9.90. The summed E-state index contributed by atoms with van der Waals surface area (Å²) < 4.78 is 7.86. The van der Waals surface area contributed by atoms with Gasteiger partial charge in [-0.05, 0) is 74.8 Å². The predicted octanol–water partition coefficient (Wildman–Crippen LogP) is 2.20. The molecular formula is C28H29N3O5. The summed E-state index contributed by atoms with van der Waals surface area (Å²) in [6.07, 6.45) is 4.18. The Hall–Kier alpha value is -3.10. The number of phenols is 1. The quantitative estimate of drug-likeness (QED) is 0.523. The van der Waals surface area contributed by atoms with Crippen LogP contribution >= 0.6 is 0 Å². The number of H-pyrrole nitrogens is 1. The number of rotatable bonds is 3. The van der Waals surface area contributed by atoms with E-state index in [0.717, 1.165) is 24.2 Å². The molecule has 0 radical (unpaired) electrons. The second-order valence-electron chi connectivity index (χ2n) is 11.5. The molecule has 0 unspecified atom stereocenters. The SMILES string of the molecule is O=c1[nH]c2ccccc2c(=O)n1[C@@H]1CC[C@@]2(O)[C@@H]3Cc4ccc(O)c5c4[C@@]2(CCN3CC2CC2)[C@H]1O5. The number of benzene rings is 2. The van der Waals surface area contributed by atoms with Crippen LogP contribution in [0.25, 0.3) is 10.9 Å². The maximum atomic E-state index is 13.6. The zero-order chi connectivity index (χ0) is 24.4. The molecule has 36 heavy (non-hydrogen) atoms. The Kier molecular flexibility index (Phi) is 3.98. The fourth-order valence-electron chi connectivity index (χ4n) is 8.20. The van der Waals surface area contributed by atoms with E-state index in [1.54, 1.807) is 30.3 Å². The average molecular weight is 488 g/mol. The summed E-state index contributed by atoms with van der Waals surface area (Å²) in [5.74, 6) is 1.18. The van der Waals surface area contributed by atoms with Crippen LogP contribution in [0.2, 0.25) is 0 Å². The van der Waals surface area contributed by atoms with Crippen molar-refractivity contribution < 1.29 is 14.9 Å². The van der Waals surface area contributed by atoms with Crippen LogP contribution < -0.4 is 16.0 Å². The Labute approximate surface area is 207 Å². The van der Waals surface area contributed by atoms with Crippen LogP contribution in [0.15, 0.2) is 46.0 Å². The van der Waals surface area contributed by atoms with Crippen molar-refractivity contribution in [2.45, 2.75) is 67.7 Å². The van der Waals surface area contributed by atoms with Crippen molar-refractivity contribution in [3.63, 3.8) is 0 Å². The Morgan fingerprint density at radius 2 is 1.92 bits per heavy atom. The van der Waals surface area contributed by atoms with Crippen molar-refractivity contribution in [3.8, 4) is 11.5 Å². The molecule has 8 nitrogen and oxygen atoms in total. The van der Waals surface area contributed by atoms with Gasteiger partial charge in [0.1, 0.15) is 6.10 Å². The standard InChI is InChI=1S/C28H29N3O5/c32-20-8-7-16-13-21-28(35)10-9-19(31-25(33)17-3-1-2-4-18(17)29-26(31)34)24-27(28,22(16)23(20)36-24)11-12-30(21)14-15-5-6-15/h1-4,7-8,15,19,21,24,32,35H,5-6,9-14H2,(H,29,34)/t19-,21+,24+,27+,28-/m1/s1. The number of aliphatic hydroxyl groups is 1. The van der Waals surface area contributed by atoms with E-state index in [1.807, 2.05) is 6.07 Å². The third kappa shape index (κ3) is 2.42. The van der Waals surface area contributed by atoms with Crippen LogP contribution in [-0.2, 0) is 11.8 Å². The zero-order valence-corrected chi connectivity index (χ0v) is 19.9. The van der Waals surface area contributed by atoms with Gasteiger partial charge in [0.2, 0.25) is 0 Å². The molecule has 2 aromatic carbocycles. The number of piperidine rings is 1. The average Bonchev–Trinajstić information content (AvgIpc) is 3.60. The van der Waals surface area contributed by atoms with Gasteiger partial charge in [-0.25, -0.2) is 4.79 Å². The molecule has 8 heteroatoms. The van der Waals surface area contributed by atoms with Crippen molar-refractivity contribution in [2.24, 2.45) is 5.92 Å². The predicted molar refractivity (Wildman–Crippen MR) is 133 cm³/mol. The van der Waals surface area contributed by atoms with Crippen molar-refractivity contribution in [3.05, 3.63) is 68.4 Å². The molecule has 8 rings (SSSR count). The van der Waals surface area contributed by atoms with Crippen molar-refractivity contribution in [1.29, 1.82) is 0 Å². The van der Waals surface area contributed by atoms with Gasteiger partial charge in [-0.15, -0.1) is 0 Å². The van der Waals surface area contributed by atoms with E-state index in [-0.39, 0.29) is 17.4 Å². The van der Waals surface area contributed by atoms with Gasteiger partial charge in [-0.2, -0.15) is 0 Å². The molecule has 2 aliphatic heterocycles. The number of para-hydroxylation sites is 1. The number of aromatic hydroxyl groups is 1. The lowest BCUT2D eigenvalue weighted by Gasteiger charge is -2.64. The number of fused-ring (bicyclic) bond motifs is 1. The van der Waals surface area contributed by atoms with Crippen molar-refractivity contribution in [2.75, 3.05) is 13.1 Å². The molecule has 1 saturated heterocycles. The molecular weight excluding hydrogens is 458 g/mol. The first kappa shape index (κ1) is 21.0. The van der Waals surface area contributed by atoms with Crippen LogP contribution in [-0.4, -0.2) is 55.5 Å². The van der Waals surface area contributed by atoms with Crippen LogP contribution in [0, 0.1) is 5.92 Å². The number of ether oxygens (including phenoxy) is 1. The van der Waals surface area contributed by atoms with E-state index in [4.69, 9.17) is 4.74 Å². The topological polar surface area (TPSA) is 108 Å². The lowest BCUT2D eigenvalue weighted by molar-refractivity contribution is -0.196. The highest BCUT2D eigenvalue weighted by molar-refractivity contribution is 5.77. The number of aromatic amines is 1. The minimum atomic E-state index is -1.05. The zero-order valence-electron chi connectivity index (χ0n) is 19.9. The number of nitrogens with one attached hydrogen (secondary N) is 1. The van der Waals surface area contributed by atoms with Gasteiger partial charge in [0.15, 0.2) is 11.5 Å². The molecule has 1 aromatic heterocycles. The Morgan fingerprint density at radius 1 is 1.08 bits per heavy atom. The lowest BCUT2D eigenvalue weighted by atomic mass is 9.48. The Morgan fingerprint density at radius 3 is 2.75 bits per heavy atom. The molecule has 186 valence electrons. The number of hydrogen-bond acceptors (Lipinski definition) is 6. The smallest absolute Gasteiger partial charge is 0.329 e. The molecule has 3 fully saturated rings. The molecule has 3 heterocycles. The number of likely N-dealkylation sites (tertiary alicyclic amines) is 1. The monoisotopic (exact) mass is 487 g/mol. The van der Waals surface area contributed by atoms with Crippen LogP contribution in [0.4, 0.5) is 0 Å². The maximum Gasteiger partial charge on any atom is 0.329 e. The van der Waals surface area contributed by atoms with Gasteiger partial charge in [-0.3, -0.25) is 14.3 Å². The number of nitrogens with zero attached hydrogens (tertiary/aromatic N) is 2. The van der Waals surface area contributed by atoms with Crippen LogP contribution in [0.5, 0.6) is 11.5 Å². The molecule has 5 atom stereocenters. The van der Waals surface area contributed by atoms with E-state index in [1.165, 1.54) is 17.4 Å². The molecule has 0 amide bonds. The van der Waals surface area contributed by atoms with Gasteiger partial charge in [0, 0.05) is 18.2 Å². The van der Waals surface area contributed by atoms with E-state index in [2.05, 4.69) is 9.88 Å². The summed E-state index contributed by atoms with van der Waals surface area (Å²) in [6.45, 7) is 1.83. The van der Waals surface area contributed by atoms with Crippen molar-refractivity contribution >= 4 is 10.9 Å². The van der Waals surface area contributed by atoms with E-state index in [0.29, 0.717) is 48.3 Å². The summed E-state index contributed by atoms with van der Waals surface area (Å²) in [6, 6.07) is 10.1. The second-order valence-corrected chi connectivity index (χ2v) is 11.5. The summed E-state index contributed by atoms with van der Waals surface area (Å²) in [7, 11) is 0. The molecule has 5 aliphatic rings. The minimum Gasteiger partial charge on any atom is -0.504 e. The van der Waals surface area contributed by atoms with E-state index < -0.39 is 28.9 Å². The Balaban J connectivity index is 1.34. The summed E-state index contributed by atoms with van der Waals surface area (Å²) >= 11 is 0. The molecule has 3 N–H and O–H groups in total. The van der Waals surface area contributed by atoms with E-state index >= 15 is 0 Å². The summed E-state index contributed by atoms with van der Waals surface area (Å²) in [5.41, 5.74) is -0.138. The van der Waals surface area contributed by atoms with Gasteiger partial charge >= 0.3 is 5.69 Å². The normalized spacial score (nSPS) is 34.4. The van der Waals surface area contributed by atoms with Gasteiger partial charge in [0.25, 0.3) is 5.56 Å². The summed E-state index contributed by atoms with van der Waals surface area (Å²) in [4.78, 5) is 32.3. The van der Waals surface area contributed by atoms with Crippen LogP contribution in [0.3, 0.4) is 0 Å². The number of hydrogen-bond donors (Lipinski definition) is 3. The van der Waals surface area contributed by atoms with Gasteiger partial charge < -0.3 is 19.9 Å². The van der Waals surface area contributed by atoms with E-state index in [9.17, 15) is 19.8 Å². The fourth-order valence-corrected chi connectivity index (χ4v) is 8.20. The highest BCUT2D eigenvalue weighted by atomic mass is 16.5. The first-order chi connectivity index (χ1) is 17.4. The van der Waals surface area contributed by atoms with Gasteiger partial charge in [0.05, 0.1) is 28.0 Å². The molecule has 2 bridgehead atoms. The summed E-state index contributed by atoms with van der Waals surface area (Å²) in [5, 5.41) is 23.9. The number of phenolic OH excluding ortho intramolecular Hbond substituents is 1. The fraction of sp³-hybridized carbons (Fsp3) is 0.500. The second kappa shape index (κ2) is 6.81. The largest absolute Gasteiger partial charge is 0.504 e. The first-order valence-corrected chi connectivity index (χ1v) is 13.1. The molecule has 3 aromatic rings. The third-order valence-corrected chi connectivity index (χ3v) is 9.90.